The van der Waals surface area contributed by atoms with Crippen molar-refractivity contribution in [3.63, 3.8) is 0 Å². The molecular formula is C18H26N4O4S. The molecule has 0 unspecified atom stereocenters. The second-order valence-corrected chi connectivity index (χ2v) is 8.52. The van der Waals surface area contributed by atoms with E-state index in [1.165, 1.54) is 4.31 Å². The topological polar surface area (TPSA) is 108 Å². The van der Waals surface area contributed by atoms with Crippen molar-refractivity contribution in [1.29, 1.82) is 0 Å². The first kappa shape index (κ1) is 20.9. The maximum Gasteiger partial charge on any atom is 0.319 e. The summed E-state index contributed by atoms with van der Waals surface area (Å²) in [5.74, 6) is -0.251. The molecule has 0 bridgehead atoms. The number of amides is 3. The van der Waals surface area contributed by atoms with Crippen molar-refractivity contribution >= 4 is 33.3 Å². The Labute approximate surface area is 160 Å². The first-order valence-corrected chi connectivity index (χ1v) is 10.5. The van der Waals surface area contributed by atoms with Crippen molar-refractivity contribution in [2.45, 2.75) is 19.8 Å². The highest BCUT2D eigenvalue weighted by Gasteiger charge is 2.30. The molecule has 0 atom stereocenters. The van der Waals surface area contributed by atoms with Crippen molar-refractivity contribution in [2.24, 2.45) is 5.92 Å². The maximum atomic E-state index is 12.4. The van der Waals surface area contributed by atoms with Crippen LogP contribution < -0.4 is 16.0 Å². The lowest BCUT2D eigenvalue weighted by Gasteiger charge is -2.30. The van der Waals surface area contributed by atoms with Crippen LogP contribution in [0.3, 0.4) is 0 Å². The lowest BCUT2D eigenvalue weighted by Crippen LogP contribution is -2.42. The Kier molecular flexibility index (Phi) is 7.37. The van der Waals surface area contributed by atoms with Crippen molar-refractivity contribution < 1.29 is 18.0 Å². The normalized spacial score (nSPS) is 15.7. The van der Waals surface area contributed by atoms with Crippen LogP contribution >= 0.6 is 0 Å². The first-order valence-electron chi connectivity index (χ1n) is 8.90. The smallest absolute Gasteiger partial charge is 0.319 e. The molecule has 148 valence electrons. The summed E-state index contributed by atoms with van der Waals surface area (Å²) in [7, 11) is -3.19. The molecule has 1 fully saturated rings. The molecule has 0 spiro atoms. The van der Waals surface area contributed by atoms with Gasteiger partial charge in [0.15, 0.2) is 0 Å². The van der Waals surface area contributed by atoms with Crippen LogP contribution in [0.4, 0.5) is 16.2 Å². The van der Waals surface area contributed by atoms with Crippen LogP contribution in [0.5, 0.6) is 0 Å². The summed E-state index contributed by atoms with van der Waals surface area (Å²) in [5.41, 5.74) is 1.23. The summed E-state index contributed by atoms with van der Waals surface area (Å²) in [4.78, 5) is 24.0. The van der Waals surface area contributed by atoms with Gasteiger partial charge in [0.1, 0.15) is 0 Å². The van der Waals surface area contributed by atoms with Crippen LogP contribution in [0.2, 0.25) is 0 Å². The predicted molar refractivity (Wildman–Crippen MR) is 106 cm³/mol. The molecule has 1 aromatic carbocycles. The Balaban J connectivity index is 1.84. The highest BCUT2D eigenvalue weighted by molar-refractivity contribution is 7.89. The van der Waals surface area contributed by atoms with Crippen molar-refractivity contribution in [1.82, 2.24) is 9.62 Å². The zero-order valence-corrected chi connectivity index (χ0v) is 16.2. The zero-order valence-electron chi connectivity index (χ0n) is 15.4. The van der Waals surface area contributed by atoms with Gasteiger partial charge in [0.05, 0.1) is 5.75 Å². The van der Waals surface area contributed by atoms with Gasteiger partial charge in [-0.2, -0.15) is 0 Å². The standard InChI is InChI=1S/C18H26N4O4S/c1-3-11-19-18(24)21-16-7-5-15(6-8-16)20-17(23)14-9-12-22(13-10-14)27(25,26)4-2/h3,5-8,14H,1,4,9-13H2,2H3,(H,20,23)(H2,19,21,24). The van der Waals surface area contributed by atoms with Gasteiger partial charge in [-0.3, -0.25) is 4.79 Å². The highest BCUT2D eigenvalue weighted by Crippen LogP contribution is 2.22. The van der Waals surface area contributed by atoms with Gasteiger partial charge < -0.3 is 16.0 Å². The molecular weight excluding hydrogens is 368 g/mol. The van der Waals surface area contributed by atoms with Crippen molar-refractivity contribution in [3.8, 4) is 0 Å². The van der Waals surface area contributed by atoms with Gasteiger partial charge >= 0.3 is 6.03 Å². The van der Waals surface area contributed by atoms with Gasteiger partial charge in [-0.05, 0) is 44.0 Å². The van der Waals surface area contributed by atoms with Gasteiger partial charge in [-0.25, -0.2) is 17.5 Å². The minimum atomic E-state index is -3.19. The van der Waals surface area contributed by atoms with E-state index in [1.54, 1.807) is 37.3 Å². The molecule has 9 heteroatoms. The molecule has 1 aliphatic heterocycles. The molecule has 2 rings (SSSR count). The Hall–Kier alpha value is -2.39. The van der Waals surface area contributed by atoms with Crippen LogP contribution in [-0.4, -0.2) is 50.0 Å². The first-order chi connectivity index (χ1) is 12.9. The van der Waals surface area contributed by atoms with E-state index < -0.39 is 10.0 Å². The number of urea groups is 1. The van der Waals surface area contributed by atoms with E-state index in [2.05, 4.69) is 22.5 Å². The molecule has 3 N–H and O–H groups in total. The van der Waals surface area contributed by atoms with Crippen LogP contribution in [0, 0.1) is 5.92 Å². The number of carbonyl (C=O) groups excluding carboxylic acids is 2. The van der Waals surface area contributed by atoms with E-state index in [1.807, 2.05) is 0 Å². The third-order valence-corrected chi connectivity index (χ3v) is 6.28. The monoisotopic (exact) mass is 394 g/mol. The molecule has 1 aromatic rings. The van der Waals surface area contributed by atoms with Crippen LogP contribution in [0.25, 0.3) is 0 Å². The second-order valence-electron chi connectivity index (χ2n) is 6.26. The average molecular weight is 394 g/mol. The van der Waals surface area contributed by atoms with Gasteiger partial charge in [0.25, 0.3) is 0 Å². The third kappa shape index (κ3) is 6.07. The van der Waals surface area contributed by atoms with Crippen molar-refractivity contribution in [3.05, 3.63) is 36.9 Å². The Bertz CT molecular complexity index is 769. The molecule has 8 nitrogen and oxygen atoms in total. The number of benzene rings is 1. The fourth-order valence-electron chi connectivity index (χ4n) is 2.80. The fourth-order valence-corrected chi connectivity index (χ4v) is 3.93. The molecule has 1 saturated heterocycles. The summed E-state index contributed by atoms with van der Waals surface area (Å²) in [6.45, 7) is 6.26. The molecule has 0 aliphatic carbocycles. The molecule has 0 radical (unpaired) electrons. The molecule has 1 aliphatic rings. The highest BCUT2D eigenvalue weighted by atomic mass is 32.2. The summed E-state index contributed by atoms with van der Waals surface area (Å²) >= 11 is 0. The number of piperidine rings is 1. The summed E-state index contributed by atoms with van der Waals surface area (Å²) < 4.78 is 25.2. The second kappa shape index (κ2) is 9.52. The number of anilines is 2. The zero-order chi connectivity index (χ0) is 19.9. The summed E-state index contributed by atoms with van der Waals surface area (Å²) in [6, 6.07) is 6.47. The van der Waals surface area contributed by atoms with E-state index in [9.17, 15) is 18.0 Å². The maximum absolute atomic E-state index is 12.4. The Morgan fingerprint density at radius 3 is 2.22 bits per heavy atom. The Morgan fingerprint density at radius 1 is 1.15 bits per heavy atom. The van der Waals surface area contributed by atoms with Gasteiger partial charge in [-0.1, -0.05) is 6.08 Å². The van der Waals surface area contributed by atoms with E-state index in [4.69, 9.17) is 0 Å². The van der Waals surface area contributed by atoms with E-state index in [0.29, 0.717) is 43.9 Å². The summed E-state index contributed by atoms with van der Waals surface area (Å²) in [6.07, 6.45) is 2.60. The number of hydrogen-bond acceptors (Lipinski definition) is 4. The fraction of sp³-hybridized carbons (Fsp3) is 0.444. The van der Waals surface area contributed by atoms with Gasteiger partial charge in [0, 0.05) is 36.9 Å². The quantitative estimate of drug-likeness (QED) is 0.615. The number of sulfonamides is 1. The van der Waals surface area contributed by atoms with Gasteiger partial charge in [-0.15, -0.1) is 6.58 Å². The molecule has 0 saturated carbocycles. The van der Waals surface area contributed by atoms with E-state index >= 15 is 0 Å². The van der Waals surface area contributed by atoms with E-state index in [0.717, 1.165) is 0 Å². The molecule has 1 heterocycles. The minimum absolute atomic E-state index is 0.0792. The SMILES string of the molecule is C=CCNC(=O)Nc1ccc(NC(=O)C2CCN(S(=O)(=O)CC)CC2)cc1. The largest absolute Gasteiger partial charge is 0.334 e. The number of carbonyl (C=O) groups is 2. The summed E-state index contributed by atoms with van der Waals surface area (Å²) in [5, 5.41) is 8.12. The third-order valence-electron chi connectivity index (χ3n) is 4.40. The number of nitrogens with one attached hydrogen (secondary N) is 3. The average Bonchev–Trinajstić information content (AvgIpc) is 2.68. The Morgan fingerprint density at radius 2 is 1.70 bits per heavy atom. The lowest BCUT2D eigenvalue weighted by molar-refractivity contribution is -0.120. The van der Waals surface area contributed by atoms with Crippen LogP contribution in [-0.2, 0) is 14.8 Å². The number of rotatable bonds is 7. The number of hydrogen-bond donors (Lipinski definition) is 3. The van der Waals surface area contributed by atoms with E-state index in [-0.39, 0.29) is 23.6 Å². The molecule has 3 amide bonds. The predicted octanol–water partition coefficient (Wildman–Crippen LogP) is 1.99. The van der Waals surface area contributed by atoms with Gasteiger partial charge in [0.2, 0.25) is 15.9 Å². The molecule has 27 heavy (non-hydrogen) atoms. The molecule has 0 aromatic heterocycles. The minimum Gasteiger partial charge on any atom is -0.334 e. The van der Waals surface area contributed by atoms with Crippen molar-refractivity contribution in [2.75, 3.05) is 36.0 Å². The lowest BCUT2D eigenvalue weighted by atomic mass is 9.97. The number of nitrogens with zero attached hydrogens (tertiary/aromatic N) is 1. The van der Waals surface area contributed by atoms with Crippen LogP contribution in [0.15, 0.2) is 36.9 Å². The van der Waals surface area contributed by atoms with Crippen LogP contribution in [0.1, 0.15) is 19.8 Å².